The van der Waals surface area contributed by atoms with Crippen molar-refractivity contribution in [3.63, 3.8) is 0 Å². The quantitative estimate of drug-likeness (QED) is 0.588. The first-order chi connectivity index (χ1) is 12.3. The van der Waals surface area contributed by atoms with E-state index in [1.165, 1.54) is 11.3 Å². The first-order valence-electron chi connectivity index (χ1n) is 8.55. The van der Waals surface area contributed by atoms with Crippen LogP contribution < -0.4 is 4.72 Å². The zero-order valence-corrected chi connectivity index (χ0v) is 16.6. The van der Waals surface area contributed by atoms with Gasteiger partial charge >= 0.3 is 5.97 Å². The maximum Gasteiger partial charge on any atom is 0.303 e. The normalized spacial score (nSPS) is 11.5. The lowest BCUT2D eigenvalue weighted by atomic mass is 10.1. The van der Waals surface area contributed by atoms with Crippen molar-refractivity contribution in [2.24, 2.45) is 0 Å². The third kappa shape index (κ3) is 6.10. The molecule has 1 aromatic carbocycles. The zero-order valence-electron chi connectivity index (χ0n) is 15.0. The highest BCUT2D eigenvalue weighted by molar-refractivity contribution is 7.93. The molecular weight excluding hydrogens is 372 g/mol. The van der Waals surface area contributed by atoms with Gasteiger partial charge in [0.05, 0.1) is 15.6 Å². The molecule has 2 aromatic rings. The third-order valence-corrected chi connectivity index (χ3v) is 6.41. The van der Waals surface area contributed by atoms with Gasteiger partial charge in [-0.25, -0.2) is 13.4 Å². The fourth-order valence-electron chi connectivity index (χ4n) is 2.63. The Labute approximate surface area is 158 Å². The smallest absolute Gasteiger partial charge is 0.303 e. The number of thiazole rings is 1. The number of aromatic nitrogens is 1. The molecule has 2 rings (SSSR count). The maximum atomic E-state index is 12.6. The molecule has 142 valence electrons. The monoisotopic (exact) mass is 396 g/mol. The summed E-state index contributed by atoms with van der Waals surface area (Å²) in [7, 11) is -3.64. The fourth-order valence-corrected chi connectivity index (χ4v) is 4.88. The molecule has 0 spiro atoms. The molecule has 0 atom stereocenters. The second-order valence-electron chi connectivity index (χ2n) is 6.21. The van der Waals surface area contributed by atoms with Gasteiger partial charge in [-0.3, -0.25) is 9.52 Å². The summed E-state index contributed by atoms with van der Waals surface area (Å²) >= 11 is 1.32. The van der Waals surface area contributed by atoms with Gasteiger partial charge in [0, 0.05) is 6.42 Å². The minimum atomic E-state index is -3.64. The molecule has 0 aliphatic carbocycles. The molecular formula is C18H24N2O4S2. The highest BCUT2D eigenvalue weighted by atomic mass is 32.2. The Hall–Kier alpha value is -1.93. The molecule has 0 aliphatic rings. The van der Waals surface area contributed by atoms with Crippen molar-refractivity contribution in [2.75, 3.05) is 4.72 Å². The van der Waals surface area contributed by atoms with Crippen LogP contribution in [0.5, 0.6) is 0 Å². The highest BCUT2D eigenvalue weighted by Crippen LogP contribution is 2.26. The van der Waals surface area contributed by atoms with Crippen molar-refractivity contribution in [1.29, 1.82) is 0 Å². The summed E-state index contributed by atoms with van der Waals surface area (Å²) in [6, 6.07) is 6.95. The van der Waals surface area contributed by atoms with Crippen molar-refractivity contribution in [3.8, 4) is 0 Å². The molecule has 1 heterocycles. The van der Waals surface area contributed by atoms with Crippen molar-refractivity contribution >= 4 is 32.3 Å². The molecule has 0 amide bonds. The SMILES string of the molecule is Cc1nc(C)c(NS(=O)(=O)c2cccc(CCCCCCC(=O)O)c2)s1. The Morgan fingerprint density at radius 1 is 1.19 bits per heavy atom. The number of nitrogens with one attached hydrogen (secondary N) is 1. The number of aliphatic carboxylic acids is 1. The average Bonchev–Trinajstić information content (AvgIpc) is 2.87. The number of aryl methyl sites for hydroxylation is 3. The Morgan fingerprint density at radius 3 is 2.58 bits per heavy atom. The van der Waals surface area contributed by atoms with Crippen LogP contribution in [0, 0.1) is 13.8 Å². The van der Waals surface area contributed by atoms with E-state index >= 15 is 0 Å². The van der Waals surface area contributed by atoms with Gasteiger partial charge in [0.25, 0.3) is 10.0 Å². The van der Waals surface area contributed by atoms with E-state index in [-0.39, 0.29) is 11.3 Å². The lowest BCUT2D eigenvalue weighted by molar-refractivity contribution is -0.137. The Kier molecular flexibility index (Phi) is 7.16. The predicted molar refractivity (Wildman–Crippen MR) is 103 cm³/mol. The van der Waals surface area contributed by atoms with Crippen LogP contribution >= 0.6 is 11.3 Å². The molecule has 0 saturated heterocycles. The molecule has 6 nitrogen and oxygen atoms in total. The van der Waals surface area contributed by atoms with Gasteiger partial charge in [-0.2, -0.15) is 0 Å². The predicted octanol–water partition coefficient (Wildman–Crippen LogP) is 4.14. The van der Waals surface area contributed by atoms with Crippen LogP contribution in [0.1, 0.15) is 48.4 Å². The number of benzene rings is 1. The van der Waals surface area contributed by atoms with Crippen molar-refractivity contribution in [3.05, 3.63) is 40.5 Å². The largest absolute Gasteiger partial charge is 0.481 e. The van der Waals surface area contributed by atoms with Gasteiger partial charge in [0.2, 0.25) is 0 Å². The van der Waals surface area contributed by atoms with Gasteiger partial charge in [0.1, 0.15) is 5.00 Å². The number of carbonyl (C=O) groups is 1. The van der Waals surface area contributed by atoms with Crippen LogP contribution in [-0.4, -0.2) is 24.5 Å². The first-order valence-corrected chi connectivity index (χ1v) is 10.9. The van der Waals surface area contributed by atoms with E-state index in [4.69, 9.17) is 5.11 Å². The standard InChI is InChI=1S/C18H24N2O4S2/c1-13-18(25-14(2)19-13)20-26(23,24)16-10-7-9-15(12-16)8-5-3-4-6-11-17(21)22/h7,9-10,12,20H,3-6,8,11H2,1-2H3,(H,21,22). The molecule has 1 aromatic heterocycles. The minimum Gasteiger partial charge on any atom is -0.481 e. The van der Waals surface area contributed by atoms with Crippen LogP contribution in [0.2, 0.25) is 0 Å². The number of hydrogen-bond acceptors (Lipinski definition) is 5. The van der Waals surface area contributed by atoms with Gasteiger partial charge in [-0.15, -0.1) is 11.3 Å². The first kappa shape index (κ1) is 20.4. The molecule has 8 heteroatoms. The van der Waals surface area contributed by atoms with Crippen molar-refractivity contribution < 1.29 is 18.3 Å². The number of anilines is 1. The minimum absolute atomic E-state index is 0.204. The zero-order chi connectivity index (χ0) is 19.2. The van der Waals surface area contributed by atoms with E-state index in [2.05, 4.69) is 9.71 Å². The summed E-state index contributed by atoms with van der Waals surface area (Å²) in [5, 5.41) is 9.98. The van der Waals surface area contributed by atoms with Gasteiger partial charge < -0.3 is 5.11 Å². The lowest BCUT2D eigenvalue weighted by Gasteiger charge is -2.08. The van der Waals surface area contributed by atoms with Crippen LogP contribution in [0.4, 0.5) is 5.00 Å². The lowest BCUT2D eigenvalue weighted by Crippen LogP contribution is -2.13. The molecule has 0 fully saturated rings. The molecule has 0 bridgehead atoms. The summed E-state index contributed by atoms with van der Waals surface area (Å²) in [5.74, 6) is -0.762. The molecule has 0 saturated carbocycles. The Morgan fingerprint density at radius 2 is 1.92 bits per heavy atom. The third-order valence-electron chi connectivity index (χ3n) is 3.95. The van der Waals surface area contributed by atoms with Crippen LogP contribution in [0.15, 0.2) is 29.2 Å². The van der Waals surface area contributed by atoms with E-state index < -0.39 is 16.0 Å². The summed E-state index contributed by atoms with van der Waals surface area (Å²) in [5.41, 5.74) is 1.64. The second kappa shape index (κ2) is 9.14. The number of rotatable bonds is 10. The number of carboxylic acids is 1. The van der Waals surface area contributed by atoms with E-state index in [0.717, 1.165) is 36.3 Å². The van der Waals surface area contributed by atoms with Gasteiger partial charge in [-0.05, 0) is 50.8 Å². The van der Waals surface area contributed by atoms with Crippen molar-refractivity contribution in [1.82, 2.24) is 4.98 Å². The van der Waals surface area contributed by atoms with Gasteiger partial charge in [-0.1, -0.05) is 25.0 Å². The Bertz CT molecular complexity index is 860. The molecule has 26 heavy (non-hydrogen) atoms. The topological polar surface area (TPSA) is 96.4 Å². The van der Waals surface area contributed by atoms with Crippen molar-refractivity contribution in [2.45, 2.75) is 57.3 Å². The summed E-state index contributed by atoms with van der Waals surface area (Å²) in [4.78, 5) is 15.0. The number of sulfonamides is 1. The van der Waals surface area contributed by atoms with Crippen LogP contribution in [-0.2, 0) is 21.2 Å². The van der Waals surface area contributed by atoms with E-state index in [1.807, 2.05) is 13.0 Å². The summed E-state index contributed by atoms with van der Waals surface area (Å²) in [6.45, 7) is 3.62. The number of hydrogen-bond donors (Lipinski definition) is 2. The second-order valence-corrected chi connectivity index (χ2v) is 9.09. The number of unbranched alkanes of at least 4 members (excludes halogenated alkanes) is 3. The van der Waals surface area contributed by atoms with Gasteiger partial charge in [0.15, 0.2) is 0 Å². The molecule has 0 radical (unpaired) electrons. The van der Waals surface area contributed by atoms with Crippen LogP contribution in [0.3, 0.4) is 0 Å². The molecule has 2 N–H and O–H groups in total. The number of carboxylic acid groups (broad SMARTS) is 1. The van der Waals surface area contributed by atoms with E-state index in [1.54, 1.807) is 25.1 Å². The highest BCUT2D eigenvalue weighted by Gasteiger charge is 2.17. The fraction of sp³-hybridized carbons (Fsp3) is 0.444. The van der Waals surface area contributed by atoms with Crippen LogP contribution in [0.25, 0.3) is 0 Å². The Balaban J connectivity index is 1.95. The molecule has 0 aliphatic heterocycles. The maximum absolute atomic E-state index is 12.6. The van der Waals surface area contributed by atoms with E-state index in [9.17, 15) is 13.2 Å². The average molecular weight is 397 g/mol. The van der Waals surface area contributed by atoms with E-state index in [0.29, 0.717) is 17.1 Å². The summed E-state index contributed by atoms with van der Waals surface area (Å²) in [6.07, 6.45) is 4.37. The number of nitrogens with zero attached hydrogens (tertiary/aromatic N) is 1. The molecule has 0 unspecified atom stereocenters. The summed E-state index contributed by atoms with van der Waals surface area (Å²) < 4.78 is 27.8.